The summed E-state index contributed by atoms with van der Waals surface area (Å²) in [6.07, 6.45) is 2.51. The number of hydrogen-bond donors (Lipinski definition) is 3. The summed E-state index contributed by atoms with van der Waals surface area (Å²) in [4.78, 5) is 16.7. The number of ether oxygens (including phenoxy) is 1. The molecule has 3 aromatic rings. The molecule has 0 spiro atoms. The van der Waals surface area contributed by atoms with Crippen molar-refractivity contribution in [2.24, 2.45) is 5.73 Å². The van der Waals surface area contributed by atoms with Crippen LogP contribution in [0.1, 0.15) is 30.5 Å². The highest BCUT2D eigenvalue weighted by Crippen LogP contribution is 2.25. The molecule has 170 valence electrons. The van der Waals surface area contributed by atoms with Gasteiger partial charge in [0.1, 0.15) is 29.8 Å². The second-order valence-electron chi connectivity index (χ2n) is 7.92. The minimum atomic E-state index is -0.745. The van der Waals surface area contributed by atoms with Crippen LogP contribution in [0.4, 0.5) is 4.79 Å². The fraction of sp³-hybridized carbons (Fsp3) is 0.280. The lowest BCUT2D eigenvalue weighted by molar-refractivity contribution is 0.0477. The summed E-state index contributed by atoms with van der Waals surface area (Å²) < 4.78 is 7.53. The Bertz CT molecular complexity index is 1150. The van der Waals surface area contributed by atoms with Crippen LogP contribution >= 0.6 is 0 Å². The molecule has 2 atom stereocenters. The number of amides is 2. The molecule has 4 N–H and O–H groups in total. The number of rotatable bonds is 6. The van der Waals surface area contributed by atoms with Crippen LogP contribution in [-0.4, -0.2) is 56.5 Å². The maximum Gasteiger partial charge on any atom is 0.315 e. The quantitative estimate of drug-likeness (QED) is 0.503. The molecule has 1 aromatic heterocycles. The van der Waals surface area contributed by atoms with Crippen LogP contribution in [0.3, 0.4) is 0 Å². The largest absolute Gasteiger partial charge is 0.487 e. The van der Waals surface area contributed by atoms with E-state index in [0.717, 1.165) is 22.4 Å². The first-order chi connectivity index (χ1) is 15.9. The number of imidazole rings is 1. The van der Waals surface area contributed by atoms with E-state index in [1.54, 1.807) is 23.9 Å². The van der Waals surface area contributed by atoms with Crippen molar-refractivity contribution in [1.82, 2.24) is 14.5 Å². The first-order valence-corrected chi connectivity index (χ1v) is 10.7. The van der Waals surface area contributed by atoms with Crippen molar-refractivity contribution in [3.05, 3.63) is 72.3 Å². The van der Waals surface area contributed by atoms with Gasteiger partial charge < -0.3 is 30.2 Å². The number of urea groups is 1. The molecule has 0 saturated carbocycles. The summed E-state index contributed by atoms with van der Waals surface area (Å²) in [6, 6.07) is 14.7. The summed E-state index contributed by atoms with van der Waals surface area (Å²) >= 11 is 0. The van der Waals surface area contributed by atoms with Gasteiger partial charge in [-0.1, -0.05) is 36.1 Å². The molecular formula is C25H26N4O4. The topological polar surface area (TPSA) is 114 Å². The number of aromatic nitrogens is 2. The third kappa shape index (κ3) is 5.17. The molecule has 0 unspecified atom stereocenters. The predicted molar refractivity (Wildman–Crippen MR) is 123 cm³/mol. The maximum absolute atomic E-state index is 11.0. The van der Waals surface area contributed by atoms with E-state index in [9.17, 15) is 15.0 Å². The lowest BCUT2D eigenvalue weighted by Gasteiger charge is -2.37. The number of hydrogen-bond acceptors (Lipinski definition) is 5. The van der Waals surface area contributed by atoms with E-state index in [1.165, 1.54) is 4.90 Å². The van der Waals surface area contributed by atoms with Crippen LogP contribution in [0.25, 0.3) is 11.1 Å². The molecular weight excluding hydrogens is 420 g/mol. The molecule has 1 aliphatic heterocycles. The number of carbonyl (C=O) groups excluding carboxylic acids is 1. The molecule has 2 aromatic carbocycles. The summed E-state index contributed by atoms with van der Waals surface area (Å²) in [6.45, 7) is 2.47. The Morgan fingerprint density at radius 1 is 1.18 bits per heavy atom. The van der Waals surface area contributed by atoms with E-state index in [1.807, 2.05) is 48.5 Å². The van der Waals surface area contributed by atoms with Crippen molar-refractivity contribution in [2.45, 2.75) is 25.2 Å². The van der Waals surface area contributed by atoms with Crippen molar-refractivity contribution >= 4 is 6.03 Å². The maximum atomic E-state index is 11.0. The van der Waals surface area contributed by atoms with E-state index in [-0.39, 0.29) is 12.7 Å². The van der Waals surface area contributed by atoms with Gasteiger partial charge >= 0.3 is 6.03 Å². The van der Waals surface area contributed by atoms with Gasteiger partial charge in [-0.25, -0.2) is 9.78 Å². The second-order valence-corrected chi connectivity index (χ2v) is 7.92. The van der Waals surface area contributed by atoms with Gasteiger partial charge in [-0.3, -0.25) is 0 Å². The summed E-state index contributed by atoms with van der Waals surface area (Å²) in [5.41, 5.74) is 8.13. The van der Waals surface area contributed by atoms with E-state index in [0.29, 0.717) is 18.9 Å². The van der Waals surface area contributed by atoms with Crippen LogP contribution in [-0.2, 0) is 0 Å². The Morgan fingerprint density at radius 3 is 2.39 bits per heavy atom. The van der Waals surface area contributed by atoms with E-state index >= 15 is 0 Å². The van der Waals surface area contributed by atoms with Gasteiger partial charge in [-0.05, 0) is 42.3 Å². The lowest BCUT2D eigenvalue weighted by atomic mass is 10.0. The van der Waals surface area contributed by atoms with E-state index in [4.69, 9.17) is 10.5 Å². The molecule has 33 heavy (non-hydrogen) atoms. The lowest BCUT2D eigenvalue weighted by Crippen LogP contribution is -2.57. The first-order valence-electron chi connectivity index (χ1n) is 10.7. The number of nitrogens with zero attached hydrogens (tertiary/aromatic N) is 3. The molecule has 4 rings (SSSR count). The third-order valence-corrected chi connectivity index (χ3v) is 5.50. The van der Waals surface area contributed by atoms with Gasteiger partial charge in [0.15, 0.2) is 0 Å². The minimum absolute atomic E-state index is 0.0251. The molecule has 0 aliphatic carbocycles. The van der Waals surface area contributed by atoms with Crippen LogP contribution in [0.15, 0.2) is 60.9 Å². The van der Waals surface area contributed by atoms with Gasteiger partial charge in [-0.15, -0.1) is 0 Å². The molecule has 8 heteroatoms. The van der Waals surface area contributed by atoms with Gasteiger partial charge in [-0.2, -0.15) is 0 Å². The highest BCUT2D eigenvalue weighted by Gasteiger charge is 2.30. The zero-order valence-electron chi connectivity index (χ0n) is 18.3. The fourth-order valence-corrected chi connectivity index (χ4v) is 3.64. The molecule has 0 radical (unpaired) electrons. The molecule has 1 aliphatic rings. The Labute approximate surface area is 192 Å². The zero-order valence-corrected chi connectivity index (χ0v) is 18.3. The Hall–Kier alpha value is -3.80. The minimum Gasteiger partial charge on any atom is -0.487 e. The van der Waals surface area contributed by atoms with Crippen LogP contribution in [0.2, 0.25) is 0 Å². The highest BCUT2D eigenvalue weighted by atomic mass is 16.5. The van der Waals surface area contributed by atoms with Crippen molar-refractivity contribution in [1.29, 1.82) is 0 Å². The van der Waals surface area contributed by atoms with E-state index in [2.05, 4.69) is 16.8 Å². The molecule has 1 saturated heterocycles. The van der Waals surface area contributed by atoms with E-state index < -0.39 is 18.2 Å². The van der Waals surface area contributed by atoms with Crippen molar-refractivity contribution in [2.75, 3.05) is 19.7 Å². The summed E-state index contributed by atoms with van der Waals surface area (Å²) in [7, 11) is 0. The third-order valence-electron chi connectivity index (χ3n) is 5.50. The van der Waals surface area contributed by atoms with Gasteiger partial charge in [0.2, 0.25) is 0 Å². The number of aliphatic hydroxyl groups excluding tert-OH is 2. The number of likely N-dealkylation sites (tertiary alicyclic amines) is 1. The molecule has 2 heterocycles. The SMILES string of the molecule is C[C@H](O)c1nccn1[C@@H](C#Cc1ccc(-c2ccc(OC3CN(C(N)=O)C3)cc2)cc1)CO. The molecule has 2 amide bonds. The number of carbonyl (C=O) groups is 1. The fourth-order valence-electron chi connectivity index (χ4n) is 3.64. The highest BCUT2D eigenvalue weighted by molar-refractivity contribution is 5.73. The van der Waals surface area contributed by atoms with Crippen LogP contribution in [0.5, 0.6) is 5.75 Å². The second kappa shape index (κ2) is 9.77. The monoisotopic (exact) mass is 446 g/mol. The Balaban J connectivity index is 1.39. The number of aliphatic hydroxyl groups is 2. The van der Waals surface area contributed by atoms with Crippen molar-refractivity contribution in [3.63, 3.8) is 0 Å². The predicted octanol–water partition coefficient (Wildman–Crippen LogP) is 2.33. The van der Waals surface area contributed by atoms with Crippen LogP contribution in [0, 0.1) is 11.8 Å². The first kappa shape index (κ1) is 22.4. The average Bonchev–Trinajstić information content (AvgIpc) is 3.27. The summed E-state index contributed by atoms with van der Waals surface area (Å²) in [5, 5.41) is 19.6. The molecule has 1 fully saturated rings. The van der Waals surface area contributed by atoms with Crippen molar-refractivity contribution in [3.8, 4) is 28.7 Å². The normalized spacial score (nSPS) is 15.2. The number of nitrogens with two attached hydrogens (primary N) is 1. The molecule has 8 nitrogen and oxygen atoms in total. The van der Waals surface area contributed by atoms with Gasteiger partial charge in [0, 0.05) is 18.0 Å². The Kier molecular flexibility index (Phi) is 6.63. The molecule has 0 bridgehead atoms. The van der Waals surface area contributed by atoms with Crippen LogP contribution < -0.4 is 10.5 Å². The van der Waals surface area contributed by atoms with Gasteiger partial charge in [0.25, 0.3) is 0 Å². The number of benzene rings is 2. The smallest absolute Gasteiger partial charge is 0.315 e. The van der Waals surface area contributed by atoms with Crippen molar-refractivity contribution < 1.29 is 19.7 Å². The standard InChI is InChI=1S/C25H26N4O4/c1-17(31)24-27-12-13-29(24)21(16-30)9-4-18-2-5-19(6-3-18)20-7-10-22(11-8-20)33-23-14-28(15-23)25(26)32/h2-3,5-8,10-13,17,21,23,30-31H,14-16H2,1H3,(H2,26,32)/t17-,21-/m0/s1. The average molecular weight is 447 g/mol. The Morgan fingerprint density at radius 2 is 1.82 bits per heavy atom. The zero-order chi connectivity index (χ0) is 23.4. The van der Waals surface area contributed by atoms with Gasteiger partial charge in [0.05, 0.1) is 19.7 Å². The summed E-state index contributed by atoms with van der Waals surface area (Å²) in [5.74, 6) is 7.36. The number of primary amides is 1.